The lowest BCUT2D eigenvalue weighted by molar-refractivity contribution is 0.176. The molecule has 1 unspecified atom stereocenters. The largest absolute Gasteiger partial charge is 0.493 e. The molecule has 2 aromatic rings. The normalized spacial score (nSPS) is 12.0. The fraction of sp³-hybridized carbons (Fsp3) is 0.478. The van der Waals surface area contributed by atoms with Crippen LogP contribution in [0, 0.1) is 13.8 Å². The fourth-order valence-corrected chi connectivity index (χ4v) is 2.99. The molecule has 0 bridgehead atoms. The van der Waals surface area contributed by atoms with Gasteiger partial charge in [-0.05, 0) is 80.5 Å². The van der Waals surface area contributed by atoms with Crippen molar-refractivity contribution in [2.24, 2.45) is 0 Å². The Balaban J connectivity index is 1.81. The van der Waals surface area contributed by atoms with Gasteiger partial charge in [-0.2, -0.15) is 0 Å². The summed E-state index contributed by atoms with van der Waals surface area (Å²) in [6.07, 6.45) is 3.69. The van der Waals surface area contributed by atoms with Gasteiger partial charge in [0.15, 0.2) is 0 Å². The summed E-state index contributed by atoms with van der Waals surface area (Å²) >= 11 is 0. The van der Waals surface area contributed by atoms with Crippen LogP contribution in [-0.2, 0) is 12.8 Å². The second-order valence-corrected chi connectivity index (χ2v) is 6.93. The maximum atomic E-state index is 8.95. The van der Waals surface area contributed by atoms with E-state index in [2.05, 4.69) is 58.0 Å². The molecule has 0 amide bonds. The number of benzene rings is 2. The molecule has 0 aromatic heterocycles. The number of aryl methyl sites for hydroxylation is 4. The first-order valence-corrected chi connectivity index (χ1v) is 9.62. The van der Waals surface area contributed by atoms with Crippen molar-refractivity contribution in [1.82, 2.24) is 0 Å². The minimum Gasteiger partial charge on any atom is -0.493 e. The van der Waals surface area contributed by atoms with E-state index in [0.717, 1.165) is 37.2 Å². The minimum atomic E-state index is 0.103. The van der Waals surface area contributed by atoms with Crippen LogP contribution in [0.5, 0.6) is 11.5 Å². The highest BCUT2D eigenvalue weighted by atomic mass is 16.5. The highest BCUT2D eigenvalue weighted by Gasteiger charge is 2.08. The summed E-state index contributed by atoms with van der Waals surface area (Å²) in [6.45, 7) is 9.29. The number of ether oxygens (including phenoxy) is 2. The van der Waals surface area contributed by atoms with Gasteiger partial charge < -0.3 is 14.6 Å². The van der Waals surface area contributed by atoms with E-state index in [1.165, 1.54) is 22.3 Å². The second-order valence-electron chi connectivity index (χ2n) is 6.93. The van der Waals surface area contributed by atoms with Crippen LogP contribution in [-0.4, -0.2) is 24.4 Å². The maximum absolute atomic E-state index is 8.95. The summed E-state index contributed by atoms with van der Waals surface area (Å²) in [6, 6.07) is 12.6. The molecule has 0 saturated heterocycles. The second kappa shape index (κ2) is 10.2. The fourth-order valence-electron chi connectivity index (χ4n) is 2.99. The van der Waals surface area contributed by atoms with Crippen molar-refractivity contribution in [1.29, 1.82) is 0 Å². The Labute approximate surface area is 158 Å². The van der Waals surface area contributed by atoms with Crippen molar-refractivity contribution in [3.05, 3.63) is 58.7 Å². The third-order valence-corrected chi connectivity index (χ3v) is 4.69. The summed E-state index contributed by atoms with van der Waals surface area (Å²) in [4.78, 5) is 0. The van der Waals surface area contributed by atoms with Gasteiger partial charge in [0.1, 0.15) is 11.5 Å². The lowest BCUT2D eigenvalue weighted by Crippen LogP contribution is -2.16. The van der Waals surface area contributed by atoms with Crippen LogP contribution in [0.3, 0.4) is 0 Å². The topological polar surface area (TPSA) is 38.7 Å². The quantitative estimate of drug-likeness (QED) is 0.649. The molecular weight excluding hydrogens is 324 g/mol. The first-order chi connectivity index (χ1) is 12.5. The van der Waals surface area contributed by atoms with Gasteiger partial charge in [0.2, 0.25) is 0 Å². The van der Waals surface area contributed by atoms with Gasteiger partial charge in [-0.1, -0.05) is 25.1 Å². The van der Waals surface area contributed by atoms with Gasteiger partial charge in [-0.3, -0.25) is 0 Å². The van der Waals surface area contributed by atoms with Gasteiger partial charge in [0, 0.05) is 13.0 Å². The maximum Gasteiger partial charge on any atom is 0.122 e. The standard InChI is InChI=1S/C23H32O3/c1-5-20-8-11-23(18(3)15-20)26-19(4)12-14-25-22-10-9-21(7-6-13-24)17(2)16-22/h8-11,15-16,19,24H,5-7,12-14H2,1-4H3. The van der Waals surface area contributed by atoms with E-state index in [0.29, 0.717) is 6.61 Å². The minimum absolute atomic E-state index is 0.103. The number of hydrogen-bond donors (Lipinski definition) is 1. The van der Waals surface area contributed by atoms with E-state index in [9.17, 15) is 0 Å². The number of aliphatic hydroxyl groups is 1. The van der Waals surface area contributed by atoms with E-state index in [1.807, 2.05) is 6.07 Å². The molecule has 2 aromatic carbocycles. The Hall–Kier alpha value is -2.00. The van der Waals surface area contributed by atoms with Gasteiger partial charge >= 0.3 is 0 Å². The molecule has 1 N–H and O–H groups in total. The zero-order valence-electron chi connectivity index (χ0n) is 16.5. The van der Waals surface area contributed by atoms with Crippen LogP contribution in [0.1, 0.15) is 48.9 Å². The molecule has 3 heteroatoms. The van der Waals surface area contributed by atoms with E-state index in [4.69, 9.17) is 14.6 Å². The Morgan fingerprint density at radius 2 is 1.85 bits per heavy atom. The molecule has 0 radical (unpaired) electrons. The van der Waals surface area contributed by atoms with Crippen molar-refractivity contribution in [2.45, 2.75) is 59.5 Å². The lowest BCUT2D eigenvalue weighted by atomic mass is 10.0. The third-order valence-electron chi connectivity index (χ3n) is 4.69. The molecule has 0 fully saturated rings. The Kier molecular flexibility index (Phi) is 7.99. The SMILES string of the molecule is CCc1ccc(OC(C)CCOc2ccc(CCCO)c(C)c2)c(C)c1. The summed E-state index contributed by atoms with van der Waals surface area (Å²) < 4.78 is 12.0. The molecule has 0 aliphatic rings. The molecule has 26 heavy (non-hydrogen) atoms. The predicted octanol–water partition coefficient (Wildman–Crippen LogP) is 5.03. The molecule has 0 heterocycles. The molecule has 0 aliphatic carbocycles. The molecule has 3 nitrogen and oxygen atoms in total. The lowest BCUT2D eigenvalue weighted by Gasteiger charge is -2.17. The van der Waals surface area contributed by atoms with Crippen LogP contribution in [0.15, 0.2) is 36.4 Å². The highest BCUT2D eigenvalue weighted by Crippen LogP contribution is 2.22. The van der Waals surface area contributed by atoms with E-state index >= 15 is 0 Å². The third kappa shape index (κ3) is 6.06. The smallest absolute Gasteiger partial charge is 0.122 e. The first-order valence-electron chi connectivity index (χ1n) is 9.62. The van der Waals surface area contributed by atoms with E-state index in [-0.39, 0.29) is 12.7 Å². The van der Waals surface area contributed by atoms with Crippen molar-refractivity contribution < 1.29 is 14.6 Å². The van der Waals surface area contributed by atoms with Gasteiger partial charge in [0.25, 0.3) is 0 Å². The summed E-state index contributed by atoms with van der Waals surface area (Å²) in [7, 11) is 0. The zero-order chi connectivity index (χ0) is 18.9. The van der Waals surface area contributed by atoms with Crippen LogP contribution < -0.4 is 9.47 Å². The molecule has 2 rings (SSSR count). The van der Waals surface area contributed by atoms with Gasteiger partial charge in [0.05, 0.1) is 12.7 Å². The van der Waals surface area contributed by atoms with Crippen LogP contribution >= 0.6 is 0 Å². The zero-order valence-corrected chi connectivity index (χ0v) is 16.5. The van der Waals surface area contributed by atoms with Crippen molar-refractivity contribution in [2.75, 3.05) is 13.2 Å². The Bertz CT molecular complexity index is 694. The van der Waals surface area contributed by atoms with E-state index < -0.39 is 0 Å². The van der Waals surface area contributed by atoms with Gasteiger partial charge in [-0.25, -0.2) is 0 Å². The number of rotatable bonds is 10. The molecule has 1 atom stereocenters. The highest BCUT2D eigenvalue weighted by molar-refractivity contribution is 5.36. The molecule has 0 saturated carbocycles. The number of hydrogen-bond acceptors (Lipinski definition) is 3. The average Bonchev–Trinajstić information content (AvgIpc) is 2.62. The van der Waals surface area contributed by atoms with Crippen molar-refractivity contribution >= 4 is 0 Å². The molecular formula is C23H32O3. The Morgan fingerprint density at radius 3 is 2.50 bits per heavy atom. The molecule has 0 aliphatic heterocycles. The molecule has 142 valence electrons. The van der Waals surface area contributed by atoms with E-state index in [1.54, 1.807) is 0 Å². The summed E-state index contributed by atoms with van der Waals surface area (Å²) in [5, 5.41) is 8.95. The predicted molar refractivity (Wildman–Crippen MR) is 107 cm³/mol. The average molecular weight is 357 g/mol. The summed E-state index contributed by atoms with van der Waals surface area (Å²) in [5.74, 6) is 1.85. The summed E-state index contributed by atoms with van der Waals surface area (Å²) in [5.41, 5.74) is 5.01. The Morgan fingerprint density at radius 1 is 1.04 bits per heavy atom. The number of aliphatic hydroxyl groups excluding tert-OH is 1. The van der Waals surface area contributed by atoms with Crippen molar-refractivity contribution in [3.8, 4) is 11.5 Å². The van der Waals surface area contributed by atoms with Crippen LogP contribution in [0.2, 0.25) is 0 Å². The molecule has 0 spiro atoms. The first kappa shape index (κ1) is 20.3. The van der Waals surface area contributed by atoms with Crippen LogP contribution in [0.25, 0.3) is 0 Å². The van der Waals surface area contributed by atoms with Crippen molar-refractivity contribution in [3.63, 3.8) is 0 Å². The van der Waals surface area contributed by atoms with Crippen LogP contribution in [0.4, 0.5) is 0 Å². The monoisotopic (exact) mass is 356 g/mol. The van der Waals surface area contributed by atoms with Gasteiger partial charge in [-0.15, -0.1) is 0 Å².